The smallest absolute Gasteiger partial charge is 0.347 e. The standard InChI is InChI=1S/C52H51N3O7S/c56-46(39-13-11-35(12-14-39)30-53-31-48(58)44-20-23-47(57)50-45(44)21-24-49(59)54-50)22-19-43-29-40(34-63-43)38-15-17-42(18-16-38)52(61,41-9-5-2-6-10-41)51(60)62-33-37-25-27-55(28-26-37)32-36-7-3-1-4-8-36/h1-18,20-21,23-24,29,34,37,48,53,57-58,61H,19,22,25-28,30-33H2,(H,54,59)/t48-,52-/m0/s1. The number of aromatic hydroxyl groups is 1. The molecular weight excluding hydrogens is 811 g/mol. The lowest BCUT2D eigenvalue weighted by atomic mass is 9.85. The average Bonchev–Trinajstić information content (AvgIpc) is 3.80. The molecule has 10 nitrogen and oxygen atoms in total. The molecule has 0 aliphatic carbocycles. The molecule has 2 atom stereocenters. The molecule has 2 aromatic heterocycles. The second kappa shape index (κ2) is 19.9. The first-order valence-electron chi connectivity index (χ1n) is 21.4. The van der Waals surface area contributed by atoms with Gasteiger partial charge in [0.15, 0.2) is 5.78 Å². The molecule has 0 radical (unpaired) electrons. The summed E-state index contributed by atoms with van der Waals surface area (Å²) in [7, 11) is 0. The van der Waals surface area contributed by atoms with Crippen molar-refractivity contribution in [3.8, 4) is 16.9 Å². The Labute approximate surface area is 370 Å². The fraction of sp³-hybridized carbons (Fsp3) is 0.250. The number of aryl methyl sites for hydroxylation is 1. The van der Waals surface area contributed by atoms with E-state index in [9.17, 15) is 29.7 Å². The first-order chi connectivity index (χ1) is 30.6. The van der Waals surface area contributed by atoms with Crippen molar-refractivity contribution < 1.29 is 29.6 Å². The van der Waals surface area contributed by atoms with Crippen molar-refractivity contribution >= 4 is 34.0 Å². The number of rotatable bonds is 17. The fourth-order valence-corrected chi connectivity index (χ4v) is 9.20. The second-order valence-corrected chi connectivity index (χ2v) is 17.3. The molecule has 1 saturated heterocycles. The summed E-state index contributed by atoms with van der Waals surface area (Å²) >= 11 is 1.59. The van der Waals surface area contributed by atoms with Crippen molar-refractivity contribution in [2.24, 2.45) is 5.92 Å². The maximum absolute atomic E-state index is 13.8. The van der Waals surface area contributed by atoms with Gasteiger partial charge < -0.3 is 30.4 Å². The van der Waals surface area contributed by atoms with Crippen LogP contribution in [0.1, 0.15) is 68.4 Å². The van der Waals surface area contributed by atoms with Crippen LogP contribution in [0.2, 0.25) is 0 Å². The topological polar surface area (TPSA) is 152 Å². The first kappa shape index (κ1) is 43.4. The number of carbonyl (C=O) groups is 2. The van der Waals surface area contributed by atoms with Gasteiger partial charge in [-0.05, 0) is 101 Å². The van der Waals surface area contributed by atoms with E-state index in [-0.39, 0.29) is 41.7 Å². The van der Waals surface area contributed by atoms with E-state index in [1.807, 2.05) is 48.5 Å². The number of likely N-dealkylation sites (tertiary alicyclic amines) is 1. The molecule has 0 spiro atoms. The number of carbonyl (C=O) groups excluding carboxylic acids is 2. The number of benzene rings is 5. The summed E-state index contributed by atoms with van der Waals surface area (Å²) in [6, 6.07) is 42.4. The number of aromatic amines is 1. The molecule has 8 rings (SSSR count). The number of esters is 1. The molecule has 5 aromatic carbocycles. The number of pyridine rings is 1. The number of hydrogen-bond acceptors (Lipinski definition) is 10. The Morgan fingerprint density at radius 2 is 1.52 bits per heavy atom. The van der Waals surface area contributed by atoms with Gasteiger partial charge in [0.2, 0.25) is 11.2 Å². The number of H-pyrrole nitrogens is 1. The van der Waals surface area contributed by atoms with Crippen molar-refractivity contribution in [1.29, 1.82) is 0 Å². The highest BCUT2D eigenvalue weighted by Gasteiger charge is 2.42. The lowest BCUT2D eigenvalue weighted by Crippen LogP contribution is -2.40. The molecule has 0 amide bonds. The van der Waals surface area contributed by atoms with E-state index in [1.54, 1.807) is 59.9 Å². The van der Waals surface area contributed by atoms with Gasteiger partial charge in [0.1, 0.15) is 5.75 Å². The minimum Gasteiger partial charge on any atom is -0.506 e. The number of phenolic OH excluding ortho intramolecular Hbond substituents is 1. The van der Waals surface area contributed by atoms with Gasteiger partial charge in [0.05, 0.1) is 18.2 Å². The van der Waals surface area contributed by atoms with Crippen LogP contribution in [-0.4, -0.2) is 63.2 Å². The Hall–Kier alpha value is -6.21. The third-order valence-corrected chi connectivity index (χ3v) is 13.0. The predicted molar refractivity (Wildman–Crippen MR) is 247 cm³/mol. The van der Waals surface area contributed by atoms with Crippen molar-refractivity contribution in [2.45, 2.75) is 50.5 Å². The first-order valence-corrected chi connectivity index (χ1v) is 22.3. The zero-order valence-electron chi connectivity index (χ0n) is 34.9. The fourth-order valence-electron chi connectivity index (χ4n) is 8.30. The summed E-state index contributed by atoms with van der Waals surface area (Å²) in [5.41, 5.74) is 4.26. The summed E-state index contributed by atoms with van der Waals surface area (Å²) in [6.07, 6.45) is 1.92. The van der Waals surface area contributed by atoms with Gasteiger partial charge >= 0.3 is 5.97 Å². The van der Waals surface area contributed by atoms with Crippen LogP contribution >= 0.6 is 11.3 Å². The van der Waals surface area contributed by atoms with E-state index in [1.165, 1.54) is 17.7 Å². The molecule has 3 heterocycles. The van der Waals surface area contributed by atoms with Gasteiger partial charge in [-0.3, -0.25) is 14.5 Å². The van der Waals surface area contributed by atoms with Crippen LogP contribution in [0.15, 0.2) is 150 Å². The number of Topliss-reactive ketones (excluding diaryl/α,β-unsaturated/α-hetero) is 1. The van der Waals surface area contributed by atoms with E-state index in [4.69, 9.17) is 4.74 Å². The number of thiophene rings is 1. The zero-order valence-corrected chi connectivity index (χ0v) is 35.7. The number of aliphatic hydroxyl groups is 2. The second-order valence-electron chi connectivity index (χ2n) is 16.3. The number of piperidine rings is 1. The van der Waals surface area contributed by atoms with Crippen LogP contribution in [0.25, 0.3) is 22.0 Å². The minimum absolute atomic E-state index is 0.0436. The van der Waals surface area contributed by atoms with Crippen LogP contribution in [0, 0.1) is 5.92 Å². The predicted octanol–water partition coefficient (Wildman–Crippen LogP) is 8.29. The van der Waals surface area contributed by atoms with E-state index in [0.717, 1.165) is 54.0 Å². The molecule has 7 aromatic rings. The maximum atomic E-state index is 13.8. The highest BCUT2D eigenvalue weighted by molar-refractivity contribution is 7.10. The van der Waals surface area contributed by atoms with Crippen LogP contribution in [-0.2, 0) is 34.6 Å². The van der Waals surface area contributed by atoms with Gasteiger partial charge in [0.25, 0.3) is 0 Å². The number of ketones is 1. The molecule has 322 valence electrons. The summed E-state index contributed by atoms with van der Waals surface area (Å²) in [5.74, 6) is -0.469. The number of ether oxygens (including phenoxy) is 1. The molecule has 11 heteroatoms. The van der Waals surface area contributed by atoms with Crippen LogP contribution in [0.4, 0.5) is 0 Å². The Bertz CT molecular complexity index is 2690. The van der Waals surface area contributed by atoms with E-state index in [0.29, 0.717) is 47.0 Å². The van der Waals surface area contributed by atoms with Crippen molar-refractivity contribution in [2.75, 3.05) is 26.2 Å². The Balaban J connectivity index is 0.826. The van der Waals surface area contributed by atoms with Gasteiger partial charge in [-0.2, -0.15) is 0 Å². The van der Waals surface area contributed by atoms with Gasteiger partial charge in [-0.15, -0.1) is 11.3 Å². The molecule has 0 bridgehead atoms. The lowest BCUT2D eigenvalue weighted by Gasteiger charge is -2.33. The molecule has 0 unspecified atom stereocenters. The van der Waals surface area contributed by atoms with E-state index < -0.39 is 17.7 Å². The third kappa shape index (κ3) is 10.4. The molecule has 63 heavy (non-hydrogen) atoms. The van der Waals surface area contributed by atoms with E-state index in [2.05, 4.69) is 50.9 Å². The lowest BCUT2D eigenvalue weighted by molar-refractivity contribution is -0.164. The number of aromatic nitrogens is 1. The van der Waals surface area contributed by atoms with Gasteiger partial charge in [0, 0.05) is 47.9 Å². The summed E-state index contributed by atoms with van der Waals surface area (Å²) in [5, 5.41) is 39.0. The minimum atomic E-state index is -1.97. The molecule has 5 N–H and O–H groups in total. The quantitative estimate of drug-likeness (QED) is 0.0450. The van der Waals surface area contributed by atoms with Gasteiger partial charge in [-0.1, -0.05) is 115 Å². The van der Waals surface area contributed by atoms with Gasteiger partial charge in [-0.25, -0.2) is 4.79 Å². The summed E-state index contributed by atoms with van der Waals surface area (Å²) in [4.78, 5) is 44.9. The number of hydrogen-bond donors (Lipinski definition) is 5. The van der Waals surface area contributed by atoms with Crippen molar-refractivity contribution in [3.63, 3.8) is 0 Å². The summed E-state index contributed by atoms with van der Waals surface area (Å²) in [6.45, 7) is 3.75. The van der Waals surface area contributed by atoms with Crippen LogP contribution < -0.4 is 10.9 Å². The number of nitrogens with zero attached hydrogens (tertiary/aromatic N) is 1. The number of phenols is 1. The maximum Gasteiger partial charge on any atom is 0.347 e. The van der Waals surface area contributed by atoms with Crippen LogP contribution in [0.3, 0.4) is 0 Å². The van der Waals surface area contributed by atoms with E-state index >= 15 is 0 Å². The highest BCUT2D eigenvalue weighted by Crippen LogP contribution is 2.35. The highest BCUT2D eigenvalue weighted by atomic mass is 32.1. The molecule has 1 aliphatic heterocycles. The molecule has 1 fully saturated rings. The molecule has 1 aliphatic rings. The Kier molecular flexibility index (Phi) is 13.7. The molecular formula is C52H51N3O7S. The zero-order chi connectivity index (χ0) is 43.8. The largest absolute Gasteiger partial charge is 0.506 e. The number of fused-ring (bicyclic) bond motifs is 1. The number of aliphatic hydroxyl groups excluding tert-OH is 1. The molecule has 0 saturated carbocycles. The normalized spacial score (nSPS) is 14.9. The Morgan fingerprint density at radius 1 is 0.825 bits per heavy atom. The van der Waals surface area contributed by atoms with Crippen LogP contribution in [0.5, 0.6) is 5.75 Å². The third-order valence-electron chi connectivity index (χ3n) is 12.0. The Morgan fingerprint density at radius 3 is 2.25 bits per heavy atom. The number of nitrogens with one attached hydrogen (secondary N) is 2. The average molecular weight is 862 g/mol. The monoisotopic (exact) mass is 861 g/mol. The van der Waals surface area contributed by atoms with Crippen molar-refractivity contribution in [3.05, 3.63) is 194 Å². The SMILES string of the molecule is O=C(CCc1cc(-c2ccc([C@](O)(C(=O)OCC3CCN(Cc4ccccc4)CC3)c3ccccc3)cc2)cs1)c1ccc(CNC[C@H](O)c2ccc(O)c3[nH]c(=O)ccc23)cc1. The van der Waals surface area contributed by atoms with Crippen molar-refractivity contribution in [1.82, 2.24) is 15.2 Å². The summed E-state index contributed by atoms with van der Waals surface area (Å²) < 4.78 is 5.91.